The highest BCUT2D eigenvalue weighted by molar-refractivity contribution is 5.66. The average molecular weight is 273 g/mol. The predicted octanol–water partition coefficient (Wildman–Crippen LogP) is 3.21. The lowest BCUT2D eigenvalue weighted by Crippen LogP contribution is -2.20. The van der Waals surface area contributed by atoms with Gasteiger partial charge in [-0.3, -0.25) is 4.79 Å². The van der Waals surface area contributed by atoms with Gasteiger partial charge in [0.1, 0.15) is 0 Å². The van der Waals surface area contributed by atoms with Crippen molar-refractivity contribution in [1.29, 1.82) is 0 Å². The summed E-state index contributed by atoms with van der Waals surface area (Å²) in [5.41, 5.74) is 0. The van der Waals surface area contributed by atoms with Crippen LogP contribution in [0, 0.1) is 0 Å². The molecule has 0 aromatic heterocycles. The number of aliphatic carboxylic acids is 1. The average Bonchev–Trinajstić information content (AvgIpc) is 2.39. The van der Waals surface area contributed by atoms with Crippen molar-refractivity contribution in [2.24, 2.45) is 0 Å². The Balaban J connectivity index is 2.93. The molecule has 0 rings (SSSR count). The lowest BCUT2D eigenvalue weighted by molar-refractivity contribution is -0.136. The summed E-state index contributed by atoms with van der Waals surface area (Å²) in [5, 5.41) is 11.5. The van der Waals surface area contributed by atoms with Gasteiger partial charge in [-0.25, -0.2) is 0 Å². The van der Waals surface area contributed by atoms with E-state index in [2.05, 4.69) is 12.2 Å². The molecule has 0 spiro atoms. The van der Waals surface area contributed by atoms with Gasteiger partial charge in [0, 0.05) is 19.8 Å². The van der Waals surface area contributed by atoms with Gasteiger partial charge in [0.25, 0.3) is 0 Å². The van der Waals surface area contributed by atoms with E-state index in [1.165, 1.54) is 44.9 Å². The number of ether oxygens (including phenoxy) is 1. The number of nitrogens with one attached hydrogen (secondary N) is 1. The van der Waals surface area contributed by atoms with E-state index in [4.69, 9.17) is 9.84 Å². The molecule has 0 heterocycles. The normalized spacial score (nSPS) is 10.8. The van der Waals surface area contributed by atoms with Crippen LogP contribution in [0.3, 0.4) is 0 Å². The molecular formula is C15H31NO3. The maximum absolute atomic E-state index is 10.3. The highest BCUT2D eigenvalue weighted by Crippen LogP contribution is 2.06. The molecule has 0 aromatic rings. The van der Waals surface area contributed by atoms with E-state index in [0.717, 1.165) is 26.2 Å². The third-order valence-corrected chi connectivity index (χ3v) is 3.05. The van der Waals surface area contributed by atoms with Gasteiger partial charge < -0.3 is 15.2 Å². The van der Waals surface area contributed by atoms with Gasteiger partial charge in [0.2, 0.25) is 0 Å². The Kier molecular flexibility index (Phi) is 15.0. The van der Waals surface area contributed by atoms with Crippen LogP contribution >= 0.6 is 0 Å². The van der Waals surface area contributed by atoms with E-state index >= 15 is 0 Å². The van der Waals surface area contributed by atoms with Crippen molar-refractivity contribution in [3.8, 4) is 0 Å². The van der Waals surface area contributed by atoms with E-state index in [-0.39, 0.29) is 6.42 Å². The maximum atomic E-state index is 10.3. The smallest absolute Gasteiger partial charge is 0.304 e. The molecule has 0 saturated carbocycles. The molecular weight excluding hydrogens is 242 g/mol. The summed E-state index contributed by atoms with van der Waals surface area (Å²) in [6.45, 7) is 5.26. The zero-order valence-electron chi connectivity index (χ0n) is 12.5. The van der Waals surface area contributed by atoms with Crippen LogP contribution in [0.1, 0.15) is 64.7 Å². The van der Waals surface area contributed by atoms with E-state index < -0.39 is 5.97 Å². The summed E-state index contributed by atoms with van der Waals surface area (Å²) in [6, 6.07) is 0. The first-order chi connectivity index (χ1) is 9.27. The van der Waals surface area contributed by atoms with Crippen LogP contribution in [-0.4, -0.2) is 37.4 Å². The molecule has 0 fully saturated rings. The van der Waals surface area contributed by atoms with Crippen molar-refractivity contribution < 1.29 is 14.6 Å². The van der Waals surface area contributed by atoms with Crippen molar-refractivity contribution in [2.45, 2.75) is 64.7 Å². The Hall–Kier alpha value is -0.610. The third kappa shape index (κ3) is 17.4. The van der Waals surface area contributed by atoms with Crippen LogP contribution in [-0.2, 0) is 9.53 Å². The monoisotopic (exact) mass is 273 g/mol. The maximum Gasteiger partial charge on any atom is 0.304 e. The molecule has 0 amide bonds. The first kappa shape index (κ1) is 18.4. The van der Waals surface area contributed by atoms with Crippen molar-refractivity contribution >= 4 is 5.97 Å². The summed E-state index contributed by atoms with van der Waals surface area (Å²) in [6.07, 6.45) is 10.3. The Morgan fingerprint density at radius 1 is 0.947 bits per heavy atom. The van der Waals surface area contributed by atoms with E-state index in [1.807, 2.05) is 0 Å². The summed E-state index contributed by atoms with van der Waals surface area (Å²) >= 11 is 0. The third-order valence-electron chi connectivity index (χ3n) is 3.05. The fourth-order valence-corrected chi connectivity index (χ4v) is 1.88. The largest absolute Gasteiger partial charge is 0.481 e. The van der Waals surface area contributed by atoms with E-state index in [9.17, 15) is 4.79 Å². The Morgan fingerprint density at radius 3 is 2.26 bits per heavy atom. The number of carboxylic acid groups (broad SMARTS) is 1. The van der Waals surface area contributed by atoms with Crippen LogP contribution in [0.15, 0.2) is 0 Å². The highest BCUT2D eigenvalue weighted by Gasteiger charge is 1.95. The molecule has 0 bridgehead atoms. The second kappa shape index (κ2) is 15.4. The summed E-state index contributed by atoms with van der Waals surface area (Å²) in [4.78, 5) is 10.3. The topological polar surface area (TPSA) is 58.6 Å². The van der Waals surface area contributed by atoms with E-state index in [1.54, 1.807) is 0 Å². The number of hydrogen-bond donors (Lipinski definition) is 2. The van der Waals surface area contributed by atoms with Crippen LogP contribution < -0.4 is 5.32 Å². The van der Waals surface area contributed by atoms with Gasteiger partial charge >= 0.3 is 5.97 Å². The Labute approximate surface area is 117 Å². The van der Waals surface area contributed by atoms with Gasteiger partial charge in [0.15, 0.2) is 0 Å². The van der Waals surface area contributed by atoms with Gasteiger partial charge in [-0.1, -0.05) is 45.4 Å². The number of hydrogen-bond acceptors (Lipinski definition) is 3. The molecule has 0 aromatic carbocycles. The fraction of sp³-hybridized carbons (Fsp3) is 0.933. The number of unbranched alkanes of at least 4 members (excludes halogenated alkanes) is 6. The molecule has 0 aliphatic carbocycles. The number of carboxylic acids is 1. The lowest BCUT2D eigenvalue weighted by atomic mass is 10.1. The lowest BCUT2D eigenvalue weighted by Gasteiger charge is -2.05. The first-order valence-electron chi connectivity index (χ1n) is 7.77. The minimum Gasteiger partial charge on any atom is -0.481 e. The molecule has 19 heavy (non-hydrogen) atoms. The molecule has 0 aliphatic heterocycles. The summed E-state index contributed by atoms with van der Waals surface area (Å²) in [5.74, 6) is -0.748. The number of carbonyl (C=O) groups is 1. The second-order valence-electron chi connectivity index (χ2n) is 4.98. The van der Waals surface area contributed by atoms with Gasteiger partial charge in [-0.15, -0.1) is 0 Å². The number of rotatable bonds is 15. The van der Waals surface area contributed by atoms with E-state index in [0.29, 0.717) is 6.54 Å². The van der Waals surface area contributed by atoms with Gasteiger partial charge in [0.05, 0.1) is 6.42 Å². The summed E-state index contributed by atoms with van der Waals surface area (Å²) in [7, 11) is 0. The van der Waals surface area contributed by atoms with Crippen molar-refractivity contribution in [1.82, 2.24) is 5.32 Å². The Bertz CT molecular complexity index is 198. The molecule has 0 unspecified atom stereocenters. The van der Waals surface area contributed by atoms with Crippen LogP contribution in [0.4, 0.5) is 0 Å². The molecule has 2 N–H and O–H groups in total. The van der Waals surface area contributed by atoms with Gasteiger partial charge in [-0.05, 0) is 19.4 Å². The minimum atomic E-state index is -0.748. The zero-order chi connectivity index (χ0) is 14.2. The first-order valence-corrected chi connectivity index (χ1v) is 7.77. The standard InChI is InChI=1S/C15H31NO3/c1-2-3-4-5-6-7-8-13-19-14-9-11-16-12-10-15(17)18/h16H,2-14H2,1H3,(H,17,18). The van der Waals surface area contributed by atoms with Crippen molar-refractivity contribution in [3.63, 3.8) is 0 Å². The summed E-state index contributed by atoms with van der Waals surface area (Å²) < 4.78 is 5.53. The quantitative estimate of drug-likeness (QED) is 0.450. The molecule has 114 valence electrons. The molecule has 0 radical (unpaired) electrons. The predicted molar refractivity (Wildman–Crippen MR) is 78.6 cm³/mol. The molecule has 0 atom stereocenters. The molecule has 0 aliphatic rings. The SMILES string of the molecule is CCCCCCCCCOCCCNCCC(=O)O. The van der Waals surface area contributed by atoms with Crippen LogP contribution in [0.25, 0.3) is 0 Å². The zero-order valence-corrected chi connectivity index (χ0v) is 12.5. The van der Waals surface area contributed by atoms with Crippen molar-refractivity contribution in [3.05, 3.63) is 0 Å². The highest BCUT2D eigenvalue weighted by atomic mass is 16.5. The molecule has 0 saturated heterocycles. The van der Waals surface area contributed by atoms with Crippen molar-refractivity contribution in [2.75, 3.05) is 26.3 Å². The molecule has 4 heteroatoms. The second-order valence-corrected chi connectivity index (χ2v) is 4.98. The van der Waals surface area contributed by atoms with Crippen LogP contribution in [0.2, 0.25) is 0 Å². The van der Waals surface area contributed by atoms with Gasteiger partial charge in [-0.2, -0.15) is 0 Å². The minimum absolute atomic E-state index is 0.193. The Morgan fingerprint density at radius 2 is 1.58 bits per heavy atom. The van der Waals surface area contributed by atoms with Crippen LogP contribution in [0.5, 0.6) is 0 Å². The fourth-order valence-electron chi connectivity index (χ4n) is 1.88. The molecule has 4 nitrogen and oxygen atoms in total.